The molecule has 4 rings (SSSR count). The van der Waals surface area contributed by atoms with Crippen LogP contribution < -0.4 is 5.32 Å². The van der Waals surface area contributed by atoms with Crippen molar-refractivity contribution in [2.75, 3.05) is 5.32 Å². The van der Waals surface area contributed by atoms with Gasteiger partial charge in [-0.2, -0.15) is 0 Å². The zero-order valence-corrected chi connectivity index (χ0v) is 14.5. The SMILES string of the molecule is Fc1ccc(Cl)cc1-c1cc(NCc2ccncc2)c2ccccc2n1. The van der Waals surface area contributed by atoms with Gasteiger partial charge in [0.1, 0.15) is 5.82 Å². The van der Waals surface area contributed by atoms with E-state index >= 15 is 0 Å². The van der Waals surface area contributed by atoms with Gasteiger partial charge in [0.2, 0.25) is 0 Å². The van der Waals surface area contributed by atoms with Gasteiger partial charge in [0.25, 0.3) is 0 Å². The molecule has 0 spiro atoms. The quantitative estimate of drug-likeness (QED) is 0.505. The molecule has 0 aliphatic rings. The second-order valence-electron chi connectivity index (χ2n) is 5.91. The summed E-state index contributed by atoms with van der Waals surface area (Å²) in [6.45, 7) is 0.633. The molecule has 0 fully saturated rings. The van der Waals surface area contributed by atoms with Crippen molar-refractivity contribution in [1.82, 2.24) is 9.97 Å². The zero-order valence-electron chi connectivity index (χ0n) is 13.8. The Kier molecular flexibility index (Phi) is 4.50. The molecule has 0 unspecified atom stereocenters. The molecule has 26 heavy (non-hydrogen) atoms. The summed E-state index contributed by atoms with van der Waals surface area (Å²) >= 11 is 6.05. The maximum atomic E-state index is 14.3. The molecule has 5 heteroatoms. The minimum absolute atomic E-state index is 0.350. The minimum atomic E-state index is -0.350. The summed E-state index contributed by atoms with van der Waals surface area (Å²) in [5, 5.41) is 4.88. The number of aromatic nitrogens is 2. The third-order valence-corrected chi connectivity index (χ3v) is 4.39. The Labute approximate surface area is 155 Å². The summed E-state index contributed by atoms with van der Waals surface area (Å²) in [5.74, 6) is -0.350. The summed E-state index contributed by atoms with van der Waals surface area (Å²) < 4.78 is 14.3. The van der Waals surface area contributed by atoms with Crippen LogP contribution in [-0.4, -0.2) is 9.97 Å². The van der Waals surface area contributed by atoms with E-state index in [2.05, 4.69) is 15.3 Å². The van der Waals surface area contributed by atoms with Crippen molar-refractivity contribution in [2.24, 2.45) is 0 Å². The van der Waals surface area contributed by atoms with Gasteiger partial charge in [0.05, 0.1) is 11.2 Å². The molecule has 2 heterocycles. The smallest absolute Gasteiger partial charge is 0.132 e. The number of hydrogen-bond donors (Lipinski definition) is 1. The molecular weight excluding hydrogens is 349 g/mol. The molecule has 2 aromatic heterocycles. The molecule has 0 saturated carbocycles. The second-order valence-corrected chi connectivity index (χ2v) is 6.34. The molecular formula is C21H15ClFN3. The maximum Gasteiger partial charge on any atom is 0.132 e. The van der Waals surface area contributed by atoms with E-state index < -0.39 is 0 Å². The molecule has 0 saturated heterocycles. The average Bonchev–Trinajstić information content (AvgIpc) is 2.68. The third-order valence-electron chi connectivity index (χ3n) is 4.15. The number of anilines is 1. The monoisotopic (exact) mass is 363 g/mol. The lowest BCUT2D eigenvalue weighted by molar-refractivity contribution is 0.631. The van der Waals surface area contributed by atoms with Crippen LogP contribution in [0.1, 0.15) is 5.56 Å². The van der Waals surface area contributed by atoms with Crippen molar-refractivity contribution >= 4 is 28.2 Å². The van der Waals surface area contributed by atoms with Crippen LogP contribution in [-0.2, 0) is 6.54 Å². The summed E-state index contributed by atoms with van der Waals surface area (Å²) in [4.78, 5) is 8.64. The molecule has 2 aromatic carbocycles. The van der Waals surface area contributed by atoms with Gasteiger partial charge in [-0.3, -0.25) is 4.98 Å². The normalized spacial score (nSPS) is 10.8. The van der Waals surface area contributed by atoms with E-state index in [1.54, 1.807) is 18.5 Å². The molecule has 128 valence electrons. The van der Waals surface area contributed by atoms with Crippen LogP contribution in [0.2, 0.25) is 5.02 Å². The molecule has 0 aliphatic heterocycles. The summed E-state index contributed by atoms with van der Waals surface area (Å²) in [5.41, 5.74) is 3.72. The van der Waals surface area contributed by atoms with E-state index in [1.165, 1.54) is 12.1 Å². The van der Waals surface area contributed by atoms with Crippen molar-refractivity contribution in [3.8, 4) is 11.3 Å². The van der Waals surface area contributed by atoms with E-state index in [0.717, 1.165) is 22.2 Å². The van der Waals surface area contributed by atoms with Crippen LogP contribution in [0.15, 0.2) is 73.1 Å². The Morgan fingerprint density at radius 3 is 2.62 bits per heavy atom. The molecule has 4 aromatic rings. The van der Waals surface area contributed by atoms with Crippen LogP contribution in [0.4, 0.5) is 10.1 Å². The molecule has 3 nitrogen and oxygen atoms in total. The Bertz CT molecular complexity index is 1070. The number of hydrogen-bond acceptors (Lipinski definition) is 3. The lowest BCUT2D eigenvalue weighted by atomic mass is 10.1. The van der Waals surface area contributed by atoms with Gasteiger partial charge < -0.3 is 5.32 Å². The zero-order chi connectivity index (χ0) is 17.9. The van der Waals surface area contributed by atoms with Crippen LogP contribution >= 0.6 is 11.6 Å². The molecule has 0 radical (unpaired) electrons. The number of benzene rings is 2. The highest BCUT2D eigenvalue weighted by atomic mass is 35.5. The number of nitrogens with zero attached hydrogens (tertiary/aromatic N) is 2. The van der Waals surface area contributed by atoms with E-state index in [1.807, 2.05) is 42.5 Å². The largest absolute Gasteiger partial charge is 0.380 e. The first-order chi connectivity index (χ1) is 12.7. The van der Waals surface area contributed by atoms with Gasteiger partial charge in [0, 0.05) is 40.6 Å². The number of rotatable bonds is 4. The molecule has 0 atom stereocenters. The number of para-hydroxylation sites is 1. The Morgan fingerprint density at radius 2 is 1.77 bits per heavy atom. The van der Waals surface area contributed by atoms with E-state index in [9.17, 15) is 4.39 Å². The Balaban J connectivity index is 1.79. The van der Waals surface area contributed by atoms with Crippen LogP contribution in [0.3, 0.4) is 0 Å². The lowest BCUT2D eigenvalue weighted by Gasteiger charge is -2.13. The van der Waals surface area contributed by atoms with Crippen molar-refractivity contribution in [3.05, 3.63) is 89.5 Å². The Morgan fingerprint density at radius 1 is 0.962 bits per heavy atom. The second kappa shape index (κ2) is 7.10. The first kappa shape index (κ1) is 16.5. The van der Waals surface area contributed by atoms with E-state index in [0.29, 0.717) is 22.8 Å². The van der Waals surface area contributed by atoms with Crippen molar-refractivity contribution in [3.63, 3.8) is 0 Å². The minimum Gasteiger partial charge on any atom is -0.380 e. The number of pyridine rings is 2. The lowest BCUT2D eigenvalue weighted by Crippen LogP contribution is -2.01. The third kappa shape index (κ3) is 3.37. The van der Waals surface area contributed by atoms with Crippen LogP contribution in [0.5, 0.6) is 0 Å². The standard InChI is InChI=1S/C21H15ClFN3/c22-15-5-6-18(23)17(11-15)21-12-20(16-3-1-2-4-19(16)26-21)25-13-14-7-9-24-10-8-14/h1-12H,13H2,(H,25,26). The highest BCUT2D eigenvalue weighted by Crippen LogP contribution is 2.31. The first-order valence-corrected chi connectivity index (χ1v) is 8.56. The van der Waals surface area contributed by atoms with Gasteiger partial charge in [-0.15, -0.1) is 0 Å². The van der Waals surface area contributed by atoms with Crippen LogP contribution in [0, 0.1) is 5.82 Å². The van der Waals surface area contributed by atoms with Gasteiger partial charge in [-0.1, -0.05) is 29.8 Å². The average molecular weight is 364 g/mol. The van der Waals surface area contributed by atoms with E-state index in [4.69, 9.17) is 11.6 Å². The highest BCUT2D eigenvalue weighted by molar-refractivity contribution is 6.30. The molecule has 0 amide bonds. The fourth-order valence-electron chi connectivity index (χ4n) is 2.85. The molecule has 0 bridgehead atoms. The Hall–Kier alpha value is -2.98. The summed E-state index contributed by atoms with van der Waals surface area (Å²) in [6.07, 6.45) is 3.52. The van der Waals surface area contributed by atoms with Gasteiger partial charge in [-0.25, -0.2) is 9.37 Å². The van der Waals surface area contributed by atoms with E-state index in [-0.39, 0.29) is 5.82 Å². The van der Waals surface area contributed by atoms with Gasteiger partial charge in [0.15, 0.2) is 0 Å². The maximum absolute atomic E-state index is 14.3. The number of fused-ring (bicyclic) bond motifs is 1. The predicted molar refractivity (Wildman–Crippen MR) is 104 cm³/mol. The number of nitrogens with one attached hydrogen (secondary N) is 1. The fourth-order valence-corrected chi connectivity index (χ4v) is 3.02. The van der Waals surface area contributed by atoms with Gasteiger partial charge in [-0.05, 0) is 48.0 Å². The highest BCUT2D eigenvalue weighted by Gasteiger charge is 2.11. The summed E-state index contributed by atoms with van der Waals surface area (Å²) in [7, 11) is 0. The predicted octanol–water partition coefficient (Wildman–Crippen LogP) is 5.70. The van der Waals surface area contributed by atoms with Gasteiger partial charge >= 0.3 is 0 Å². The first-order valence-electron chi connectivity index (χ1n) is 8.19. The number of halogens is 2. The van der Waals surface area contributed by atoms with Crippen molar-refractivity contribution < 1.29 is 4.39 Å². The molecule has 1 N–H and O–H groups in total. The van der Waals surface area contributed by atoms with Crippen molar-refractivity contribution in [2.45, 2.75) is 6.54 Å². The van der Waals surface area contributed by atoms with Crippen molar-refractivity contribution in [1.29, 1.82) is 0 Å². The van der Waals surface area contributed by atoms with Crippen LogP contribution in [0.25, 0.3) is 22.2 Å². The topological polar surface area (TPSA) is 37.8 Å². The molecule has 0 aliphatic carbocycles. The summed E-state index contributed by atoms with van der Waals surface area (Å²) in [6, 6.07) is 18.0. The fraction of sp³-hybridized carbons (Fsp3) is 0.0476.